The van der Waals surface area contributed by atoms with Gasteiger partial charge >= 0.3 is 0 Å². The molecule has 2 heterocycles. The van der Waals surface area contributed by atoms with Crippen LogP contribution in [0.25, 0.3) is 0 Å². The predicted octanol–water partition coefficient (Wildman–Crippen LogP) is 2.13. The van der Waals surface area contributed by atoms with Crippen LogP contribution in [-0.4, -0.2) is 48.4 Å². The Kier molecular flexibility index (Phi) is 3.89. The molecule has 2 aliphatic heterocycles. The lowest BCUT2D eigenvalue weighted by Gasteiger charge is -2.46. The van der Waals surface area contributed by atoms with E-state index in [-0.39, 0.29) is 5.91 Å². The van der Waals surface area contributed by atoms with E-state index >= 15 is 0 Å². The van der Waals surface area contributed by atoms with Gasteiger partial charge in [0.25, 0.3) is 5.91 Å². The van der Waals surface area contributed by atoms with Crippen molar-refractivity contribution < 1.29 is 4.79 Å². The molecule has 0 aliphatic carbocycles. The third-order valence-corrected chi connectivity index (χ3v) is 5.15. The highest BCUT2D eigenvalue weighted by Gasteiger charge is 2.35. The van der Waals surface area contributed by atoms with Crippen molar-refractivity contribution in [1.82, 2.24) is 9.80 Å². The zero-order chi connectivity index (χ0) is 15.0. The molecular formula is C17H25N3O. The van der Waals surface area contributed by atoms with Gasteiger partial charge < -0.3 is 15.5 Å². The quantitative estimate of drug-likeness (QED) is 0.805. The summed E-state index contributed by atoms with van der Waals surface area (Å²) in [6.45, 7) is 4.92. The van der Waals surface area contributed by atoms with Crippen molar-refractivity contribution in [2.24, 2.45) is 5.92 Å². The van der Waals surface area contributed by atoms with Crippen LogP contribution in [0.2, 0.25) is 0 Å². The number of rotatable bonds is 1. The minimum absolute atomic E-state index is 0.157. The maximum absolute atomic E-state index is 12.7. The average Bonchev–Trinajstić information content (AvgIpc) is 2.49. The molecule has 114 valence electrons. The first-order chi connectivity index (χ1) is 10.1. The van der Waals surface area contributed by atoms with E-state index in [1.165, 1.54) is 19.4 Å². The number of likely N-dealkylation sites (tertiary alicyclic amines) is 2. The Bertz CT molecular complexity index is 543. The number of piperidine rings is 2. The summed E-state index contributed by atoms with van der Waals surface area (Å²) in [4.78, 5) is 17.2. The normalized spacial score (nSPS) is 26.5. The van der Waals surface area contributed by atoms with Crippen LogP contribution >= 0.6 is 0 Å². The molecule has 2 unspecified atom stereocenters. The molecule has 4 heteroatoms. The summed E-state index contributed by atoms with van der Waals surface area (Å²) < 4.78 is 0. The lowest BCUT2D eigenvalue weighted by molar-refractivity contribution is 0.0317. The van der Waals surface area contributed by atoms with Gasteiger partial charge in [0, 0.05) is 30.4 Å². The minimum Gasteiger partial charge on any atom is -0.399 e. The van der Waals surface area contributed by atoms with E-state index in [4.69, 9.17) is 5.73 Å². The minimum atomic E-state index is 0.157. The Morgan fingerprint density at radius 2 is 2.10 bits per heavy atom. The van der Waals surface area contributed by atoms with Crippen LogP contribution in [0.1, 0.15) is 35.2 Å². The average molecular weight is 287 g/mol. The van der Waals surface area contributed by atoms with Gasteiger partial charge in [-0.3, -0.25) is 4.79 Å². The zero-order valence-corrected chi connectivity index (χ0v) is 13.0. The fourth-order valence-electron chi connectivity index (χ4n) is 3.83. The molecule has 0 saturated carbocycles. The molecule has 2 saturated heterocycles. The van der Waals surface area contributed by atoms with E-state index in [0.29, 0.717) is 12.0 Å². The molecule has 2 N–H and O–H groups in total. The smallest absolute Gasteiger partial charge is 0.253 e. The zero-order valence-electron chi connectivity index (χ0n) is 13.0. The highest BCUT2D eigenvalue weighted by molar-refractivity contribution is 5.95. The van der Waals surface area contributed by atoms with E-state index in [2.05, 4.69) is 11.9 Å². The van der Waals surface area contributed by atoms with Crippen LogP contribution in [0.3, 0.4) is 0 Å². The first-order valence-corrected chi connectivity index (χ1v) is 7.92. The Balaban J connectivity index is 1.72. The molecule has 1 amide bonds. The van der Waals surface area contributed by atoms with Crippen molar-refractivity contribution in [2.45, 2.75) is 32.2 Å². The van der Waals surface area contributed by atoms with Crippen LogP contribution in [0, 0.1) is 12.8 Å². The van der Waals surface area contributed by atoms with E-state index < -0.39 is 0 Å². The third kappa shape index (κ3) is 2.77. The molecular weight excluding hydrogens is 262 g/mol. The first-order valence-electron chi connectivity index (χ1n) is 7.92. The highest BCUT2D eigenvalue weighted by Crippen LogP contribution is 2.30. The number of aryl methyl sites for hydroxylation is 1. The van der Waals surface area contributed by atoms with Gasteiger partial charge in [0.05, 0.1) is 0 Å². The Hall–Kier alpha value is -1.55. The molecule has 0 radical (unpaired) electrons. The Morgan fingerprint density at radius 1 is 1.29 bits per heavy atom. The maximum atomic E-state index is 12.7. The molecule has 1 aromatic rings. The first kappa shape index (κ1) is 14.4. The van der Waals surface area contributed by atoms with Crippen molar-refractivity contribution >= 4 is 11.6 Å². The standard InChI is InChI=1S/C17H25N3O/c1-12-10-13(5-6-15(12)18)17(21)20-9-7-16-14(11-20)4-3-8-19(16)2/h5-6,10,14,16H,3-4,7-9,11,18H2,1-2H3. The summed E-state index contributed by atoms with van der Waals surface area (Å²) in [6.07, 6.45) is 3.60. The summed E-state index contributed by atoms with van der Waals surface area (Å²) in [7, 11) is 2.22. The third-order valence-electron chi connectivity index (χ3n) is 5.15. The van der Waals surface area contributed by atoms with Crippen LogP contribution in [-0.2, 0) is 0 Å². The molecule has 0 aromatic heterocycles. The number of nitrogen functional groups attached to an aromatic ring is 1. The number of benzene rings is 1. The van der Waals surface area contributed by atoms with Crippen molar-refractivity contribution in [2.75, 3.05) is 32.4 Å². The topological polar surface area (TPSA) is 49.6 Å². The lowest BCUT2D eigenvalue weighted by atomic mass is 9.84. The van der Waals surface area contributed by atoms with Gasteiger partial charge in [-0.05, 0) is 69.5 Å². The van der Waals surface area contributed by atoms with E-state index in [0.717, 1.165) is 36.3 Å². The maximum Gasteiger partial charge on any atom is 0.253 e. The number of anilines is 1. The highest BCUT2D eigenvalue weighted by atomic mass is 16.2. The van der Waals surface area contributed by atoms with Crippen LogP contribution < -0.4 is 5.73 Å². The fourth-order valence-corrected chi connectivity index (χ4v) is 3.83. The van der Waals surface area contributed by atoms with Crippen LogP contribution in [0.5, 0.6) is 0 Å². The van der Waals surface area contributed by atoms with Crippen molar-refractivity contribution in [3.63, 3.8) is 0 Å². The van der Waals surface area contributed by atoms with Crippen molar-refractivity contribution in [3.8, 4) is 0 Å². The van der Waals surface area contributed by atoms with E-state index in [9.17, 15) is 4.79 Å². The van der Waals surface area contributed by atoms with E-state index in [1.807, 2.05) is 30.0 Å². The number of fused-ring (bicyclic) bond motifs is 1. The van der Waals surface area contributed by atoms with Crippen molar-refractivity contribution in [3.05, 3.63) is 29.3 Å². The lowest BCUT2D eigenvalue weighted by Crippen LogP contribution is -2.53. The summed E-state index contributed by atoms with van der Waals surface area (Å²) in [5.41, 5.74) is 8.34. The van der Waals surface area contributed by atoms with Gasteiger partial charge in [0.15, 0.2) is 0 Å². The fraction of sp³-hybridized carbons (Fsp3) is 0.588. The largest absolute Gasteiger partial charge is 0.399 e. The van der Waals surface area contributed by atoms with Gasteiger partial charge in [-0.25, -0.2) is 0 Å². The molecule has 2 aliphatic rings. The number of carbonyl (C=O) groups excluding carboxylic acids is 1. The molecule has 2 atom stereocenters. The molecule has 0 bridgehead atoms. The summed E-state index contributed by atoms with van der Waals surface area (Å²) in [5.74, 6) is 0.793. The molecule has 2 fully saturated rings. The van der Waals surface area contributed by atoms with Crippen LogP contribution in [0.15, 0.2) is 18.2 Å². The number of nitrogens with zero attached hydrogens (tertiary/aromatic N) is 2. The predicted molar refractivity (Wildman–Crippen MR) is 85.3 cm³/mol. The summed E-state index contributed by atoms with van der Waals surface area (Å²) in [5, 5.41) is 0. The van der Waals surface area contributed by atoms with Gasteiger partial charge in [0.2, 0.25) is 0 Å². The Labute approximate surface area is 126 Å². The monoisotopic (exact) mass is 287 g/mol. The van der Waals surface area contributed by atoms with Gasteiger partial charge in [0.1, 0.15) is 0 Å². The molecule has 4 nitrogen and oxygen atoms in total. The number of amides is 1. The number of hydrogen-bond donors (Lipinski definition) is 1. The SMILES string of the molecule is Cc1cc(C(=O)N2CCC3C(CCCN3C)C2)ccc1N. The van der Waals surface area contributed by atoms with Crippen LogP contribution in [0.4, 0.5) is 5.69 Å². The summed E-state index contributed by atoms with van der Waals surface area (Å²) >= 11 is 0. The van der Waals surface area contributed by atoms with Gasteiger partial charge in [-0.1, -0.05) is 0 Å². The van der Waals surface area contributed by atoms with Crippen molar-refractivity contribution in [1.29, 1.82) is 0 Å². The number of hydrogen-bond acceptors (Lipinski definition) is 3. The molecule has 21 heavy (non-hydrogen) atoms. The second-order valence-corrected chi connectivity index (χ2v) is 6.56. The van der Waals surface area contributed by atoms with Gasteiger partial charge in [-0.15, -0.1) is 0 Å². The number of nitrogens with two attached hydrogens (primary N) is 1. The molecule has 1 aromatic carbocycles. The second-order valence-electron chi connectivity index (χ2n) is 6.56. The second kappa shape index (κ2) is 5.68. The molecule has 0 spiro atoms. The van der Waals surface area contributed by atoms with Gasteiger partial charge in [-0.2, -0.15) is 0 Å². The summed E-state index contributed by atoms with van der Waals surface area (Å²) in [6, 6.07) is 6.26. The Morgan fingerprint density at radius 3 is 2.86 bits per heavy atom. The van der Waals surface area contributed by atoms with E-state index in [1.54, 1.807) is 0 Å². The molecule has 3 rings (SSSR count). The number of carbonyl (C=O) groups is 1.